The van der Waals surface area contributed by atoms with Gasteiger partial charge in [0.25, 0.3) is 0 Å². The highest BCUT2D eigenvalue weighted by atomic mass is 15.3. The van der Waals surface area contributed by atoms with Crippen molar-refractivity contribution in [1.82, 2.24) is 14.8 Å². The van der Waals surface area contributed by atoms with Gasteiger partial charge >= 0.3 is 0 Å². The molecule has 0 saturated carbocycles. The molecule has 0 aliphatic carbocycles. The molecule has 0 atom stereocenters. The molecule has 0 spiro atoms. The van der Waals surface area contributed by atoms with Crippen molar-refractivity contribution in [3.8, 4) is 28.2 Å². The summed E-state index contributed by atoms with van der Waals surface area (Å²) < 4.78 is 2.06. The molecule has 0 N–H and O–H groups in total. The fourth-order valence-corrected chi connectivity index (χ4v) is 4.34. The summed E-state index contributed by atoms with van der Waals surface area (Å²) in [7, 11) is 0. The number of nitrogens with zero attached hydrogens (tertiary/aromatic N) is 3. The number of unbranched alkanes of at least 4 members (excludes halogenated alkanes) is 1. The maximum atomic E-state index is 4.94. The van der Waals surface area contributed by atoms with Crippen LogP contribution in [0.4, 0.5) is 0 Å². The maximum Gasteiger partial charge on any atom is 0.0934 e. The van der Waals surface area contributed by atoms with E-state index in [0.717, 1.165) is 34.6 Å². The lowest BCUT2D eigenvalue weighted by Gasteiger charge is -2.09. The third-order valence-corrected chi connectivity index (χ3v) is 6.36. The molecule has 0 saturated heterocycles. The Bertz CT molecular complexity index is 1470. The van der Waals surface area contributed by atoms with Crippen LogP contribution >= 0.6 is 0 Å². The second kappa shape index (κ2) is 12.0. The summed E-state index contributed by atoms with van der Waals surface area (Å²) in [5, 5.41) is 6.13. The first kappa shape index (κ1) is 24.2. The molecule has 2 heterocycles. The molecule has 3 nitrogen and oxygen atoms in total. The number of aryl methyl sites for hydroxylation is 1. The summed E-state index contributed by atoms with van der Waals surface area (Å²) >= 11 is 0. The zero-order valence-electron chi connectivity index (χ0n) is 21.2. The zero-order chi connectivity index (χ0) is 25.3. The normalized spacial score (nSPS) is 10.6. The Kier molecular flexibility index (Phi) is 7.82. The predicted octanol–water partition coefficient (Wildman–Crippen LogP) is 8.78. The SMILES string of the molecule is CCCCc1ccc(-n2nc(-c3ccccc3)cc2-c2ccccc2)cc1.c1ccc2ncccc2c1. The number of hydrogen-bond donors (Lipinski definition) is 0. The van der Waals surface area contributed by atoms with Crippen LogP contribution in [0.5, 0.6) is 0 Å². The van der Waals surface area contributed by atoms with Gasteiger partial charge in [0.1, 0.15) is 0 Å². The van der Waals surface area contributed by atoms with Crippen molar-refractivity contribution in [3.63, 3.8) is 0 Å². The summed E-state index contributed by atoms with van der Waals surface area (Å²) in [6.07, 6.45) is 5.40. The average molecular weight is 482 g/mol. The quantitative estimate of drug-likeness (QED) is 0.238. The zero-order valence-corrected chi connectivity index (χ0v) is 21.2. The number of para-hydroxylation sites is 1. The molecule has 0 aliphatic rings. The summed E-state index contributed by atoms with van der Waals surface area (Å²) in [6.45, 7) is 2.23. The van der Waals surface area contributed by atoms with Gasteiger partial charge in [-0.25, -0.2) is 4.68 Å². The summed E-state index contributed by atoms with van der Waals surface area (Å²) in [5.74, 6) is 0. The third kappa shape index (κ3) is 6.02. The van der Waals surface area contributed by atoms with Gasteiger partial charge in [0.15, 0.2) is 0 Å². The van der Waals surface area contributed by atoms with Gasteiger partial charge in [-0.05, 0) is 48.7 Å². The van der Waals surface area contributed by atoms with Crippen molar-refractivity contribution in [2.45, 2.75) is 26.2 Å². The van der Waals surface area contributed by atoms with Crippen LogP contribution in [0.3, 0.4) is 0 Å². The lowest BCUT2D eigenvalue weighted by atomic mass is 10.1. The van der Waals surface area contributed by atoms with Crippen molar-refractivity contribution in [1.29, 1.82) is 0 Å². The smallest absolute Gasteiger partial charge is 0.0934 e. The Morgan fingerprint density at radius 1 is 0.649 bits per heavy atom. The van der Waals surface area contributed by atoms with Gasteiger partial charge in [-0.15, -0.1) is 0 Å². The van der Waals surface area contributed by atoms with Crippen LogP contribution in [0, 0.1) is 0 Å². The lowest BCUT2D eigenvalue weighted by molar-refractivity contribution is 0.794. The standard InChI is InChI=1S/C25H24N2.C9H7N/c1-2-3-10-20-15-17-23(18-16-20)27-25(22-13-8-5-9-14-22)19-24(26-27)21-11-6-4-7-12-21;1-2-6-9-8(4-1)5-3-7-10-9/h4-9,11-19H,2-3,10H2,1H3;1-7H. The molecule has 0 radical (unpaired) electrons. The van der Waals surface area contributed by atoms with Gasteiger partial charge in [0, 0.05) is 22.7 Å². The van der Waals surface area contributed by atoms with Crippen LogP contribution in [-0.4, -0.2) is 14.8 Å². The van der Waals surface area contributed by atoms with Crippen molar-refractivity contribution in [2.24, 2.45) is 0 Å². The molecule has 6 aromatic rings. The molecule has 0 amide bonds. The molecule has 0 bridgehead atoms. The minimum absolute atomic E-state index is 0.990. The Morgan fingerprint density at radius 2 is 1.30 bits per heavy atom. The third-order valence-electron chi connectivity index (χ3n) is 6.36. The summed E-state index contributed by atoms with van der Waals surface area (Å²) in [5.41, 5.74) is 7.94. The van der Waals surface area contributed by atoms with Gasteiger partial charge in [0.2, 0.25) is 0 Å². The van der Waals surface area contributed by atoms with Crippen molar-refractivity contribution < 1.29 is 0 Å². The molecule has 182 valence electrons. The van der Waals surface area contributed by atoms with Gasteiger partial charge in [-0.1, -0.05) is 110 Å². The summed E-state index contributed by atoms with van der Waals surface area (Å²) in [6, 6.07) is 43.9. The van der Waals surface area contributed by atoms with Crippen molar-refractivity contribution in [2.75, 3.05) is 0 Å². The van der Waals surface area contributed by atoms with E-state index in [1.165, 1.54) is 29.4 Å². The summed E-state index contributed by atoms with van der Waals surface area (Å²) in [4.78, 5) is 4.18. The molecule has 2 aromatic heterocycles. The fraction of sp³-hybridized carbons (Fsp3) is 0.118. The molecule has 3 heteroatoms. The molecule has 6 rings (SSSR count). The minimum Gasteiger partial charge on any atom is -0.256 e. The molecular weight excluding hydrogens is 450 g/mol. The van der Waals surface area contributed by atoms with Crippen LogP contribution in [0.1, 0.15) is 25.3 Å². The Hall–Kier alpha value is -4.50. The molecule has 0 unspecified atom stereocenters. The maximum absolute atomic E-state index is 4.94. The molecular formula is C34H31N3. The topological polar surface area (TPSA) is 30.7 Å². The van der Waals surface area contributed by atoms with Gasteiger partial charge in [0.05, 0.1) is 22.6 Å². The molecule has 0 fully saturated rings. The second-order valence-electron chi connectivity index (χ2n) is 9.02. The van der Waals surface area contributed by atoms with E-state index in [2.05, 4.69) is 108 Å². The van der Waals surface area contributed by atoms with E-state index in [1.54, 1.807) is 0 Å². The first-order valence-corrected chi connectivity index (χ1v) is 12.9. The van der Waals surface area contributed by atoms with Crippen molar-refractivity contribution >= 4 is 10.9 Å². The number of aromatic nitrogens is 3. The van der Waals surface area contributed by atoms with Crippen LogP contribution in [0.25, 0.3) is 39.1 Å². The van der Waals surface area contributed by atoms with Gasteiger partial charge < -0.3 is 0 Å². The Balaban J connectivity index is 0.000000233. The first-order chi connectivity index (χ1) is 18.3. The number of hydrogen-bond acceptors (Lipinski definition) is 2. The van der Waals surface area contributed by atoms with E-state index in [1.807, 2.05) is 42.6 Å². The highest BCUT2D eigenvalue weighted by Gasteiger charge is 2.13. The average Bonchev–Trinajstić information content (AvgIpc) is 3.43. The van der Waals surface area contributed by atoms with Gasteiger partial charge in [-0.3, -0.25) is 4.98 Å². The second-order valence-corrected chi connectivity index (χ2v) is 9.02. The van der Waals surface area contributed by atoms with E-state index < -0.39 is 0 Å². The van der Waals surface area contributed by atoms with E-state index in [4.69, 9.17) is 5.10 Å². The van der Waals surface area contributed by atoms with Crippen LogP contribution in [0.15, 0.2) is 134 Å². The van der Waals surface area contributed by atoms with Crippen molar-refractivity contribution in [3.05, 3.63) is 139 Å². The monoisotopic (exact) mass is 481 g/mol. The minimum atomic E-state index is 0.990. The Labute approximate surface area is 219 Å². The van der Waals surface area contributed by atoms with E-state index in [0.29, 0.717) is 0 Å². The fourth-order valence-electron chi connectivity index (χ4n) is 4.34. The predicted molar refractivity (Wildman–Crippen MR) is 155 cm³/mol. The van der Waals surface area contributed by atoms with Gasteiger partial charge in [-0.2, -0.15) is 5.10 Å². The van der Waals surface area contributed by atoms with Crippen LogP contribution in [0.2, 0.25) is 0 Å². The molecule has 4 aromatic carbocycles. The molecule has 37 heavy (non-hydrogen) atoms. The van der Waals surface area contributed by atoms with E-state index >= 15 is 0 Å². The number of fused-ring (bicyclic) bond motifs is 1. The van der Waals surface area contributed by atoms with Crippen LogP contribution < -0.4 is 0 Å². The Morgan fingerprint density at radius 3 is 2.00 bits per heavy atom. The number of benzene rings is 4. The first-order valence-electron chi connectivity index (χ1n) is 12.9. The van der Waals surface area contributed by atoms with E-state index in [9.17, 15) is 0 Å². The highest BCUT2D eigenvalue weighted by molar-refractivity contribution is 5.77. The number of rotatable bonds is 6. The highest BCUT2D eigenvalue weighted by Crippen LogP contribution is 2.28. The molecule has 0 aliphatic heterocycles. The lowest BCUT2D eigenvalue weighted by Crippen LogP contribution is -1.99. The van der Waals surface area contributed by atoms with Crippen LogP contribution in [-0.2, 0) is 6.42 Å². The van der Waals surface area contributed by atoms with E-state index in [-0.39, 0.29) is 0 Å². The number of pyridine rings is 1. The largest absolute Gasteiger partial charge is 0.256 e.